The molecule has 3 heteroatoms. The molecule has 0 amide bonds. The second-order valence-corrected chi connectivity index (χ2v) is 4.95. The number of aromatic nitrogens is 1. The Morgan fingerprint density at radius 1 is 1.31 bits per heavy atom. The van der Waals surface area contributed by atoms with E-state index in [1.165, 1.54) is 0 Å². The lowest BCUT2D eigenvalue weighted by Crippen LogP contribution is -2.16. The molecule has 1 unspecified atom stereocenters. The van der Waals surface area contributed by atoms with Crippen molar-refractivity contribution in [3.05, 3.63) is 30.2 Å². The summed E-state index contributed by atoms with van der Waals surface area (Å²) in [5.74, 6) is 0.191. The van der Waals surface area contributed by atoms with Crippen LogP contribution in [0.4, 0.5) is 0 Å². The molecular formula is C13H14N2O. The van der Waals surface area contributed by atoms with Crippen LogP contribution in [0, 0.1) is 16.7 Å². The van der Waals surface area contributed by atoms with E-state index in [4.69, 9.17) is 4.42 Å². The molecule has 3 nitrogen and oxygen atoms in total. The van der Waals surface area contributed by atoms with Crippen LogP contribution in [0.2, 0.25) is 0 Å². The number of para-hydroxylation sites is 2. The maximum absolute atomic E-state index is 9.19. The lowest BCUT2D eigenvalue weighted by atomic mass is 9.82. The fourth-order valence-electron chi connectivity index (χ4n) is 1.63. The van der Waals surface area contributed by atoms with Gasteiger partial charge >= 0.3 is 0 Å². The van der Waals surface area contributed by atoms with Crippen molar-refractivity contribution in [2.24, 2.45) is 5.41 Å². The minimum Gasteiger partial charge on any atom is -0.439 e. The number of benzene rings is 1. The van der Waals surface area contributed by atoms with Gasteiger partial charge in [-0.3, -0.25) is 0 Å². The highest BCUT2D eigenvalue weighted by molar-refractivity contribution is 5.72. The Morgan fingerprint density at radius 2 is 2.00 bits per heavy atom. The summed E-state index contributed by atoms with van der Waals surface area (Å²) in [6.45, 7) is 6.03. The molecular weight excluding hydrogens is 200 g/mol. The zero-order valence-electron chi connectivity index (χ0n) is 9.69. The number of fused-ring (bicyclic) bond motifs is 1. The third-order valence-corrected chi connectivity index (χ3v) is 2.55. The van der Waals surface area contributed by atoms with Gasteiger partial charge in [0.1, 0.15) is 11.4 Å². The topological polar surface area (TPSA) is 49.8 Å². The van der Waals surface area contributed by atoms with Gasteiger partial charge < -0.3 is 4.42 Å². The summed E-state index contributed by atoms with van der Waals surface area (Å²) in [6.07, 6.45) is 0. The molecule has 0 bridgehead atoms. The highest BCUT2D eigenvalue weighted by Crippen LogP contribution is 2.35. The van der Waals surface area contributed by atoms with Crippen LogP contribution in [-0.2, 0) is 0 Å². The molecule has 82 valence electrons. The van der Waals surface area contributed by atoms with E-state index in [0.29, 0.717) is 5.89 Å². The number of oxazole rings is 1. The number of hydrogen-bond donors (Lipinski definition) is 0. The molecule has 1 heterocycles. The summed E-state index contributed by atoms with van der Waals surface area (Å²) in [7, 11) is 0. The van der Waals surface area contributed by atoms with Crippen LogP contribution in [0.3, 0.4) is 0 Å². The molecule has 0 aliphatic rings. The summed E-state index contributed by atoms with van der Waals surface area (Å²) in [4.78, 5) is 4.36. The maximum atomic E-state index is 9.19. The molecule has 0 radical (unpaired) electrons. The average molecular weight is 214 g/mol. The highest BCUT2D eigenvalue weighted by Gasteiger charge is 2.30. The molecule has 1 aromatic heterocycles. The Bertz CT molecular complexity index is 510. The summed E-state index contributed by atoms with van der Waals surface area (Å²) in [5, 5.41) is 9.19. The standard InChI is InChI=1S/C13H14N2O/c1-13(2,3)9(8-14)12-15-10-6-4-5-7-11(10)16-12/h4-7,9H,1-3H3. The molecule has 1 aromatic carbocycles. The molecule has 2 rings (SSSR count). The minimum atomic E-state index is -0.320. The lowest BCUT2D eigenvalue weighted by molar-refractivity contribution is 0.325. The normalized spacial score (nSPS) is 13.6. The first-order valence-corrected chi connectivity index (χ1v) is 5.27. The van der Waals surface area contributed by atoms with E-state index >= 15 is 0 Å². The Hall–Kier alpha value is -1.82. The van der Waals surface area contributed by atoms with Gasteiger partial charge in [-0.1, -0.05) is 32.9 Å². The smallest absolute Gasteiger partial charge is 0.213 e. The van der Waals surface area contributed by atoms with Gasteiger partial charge in [0.05, 0.1) is 6.07 Å². The first-order chi connectivity index (χ1) is 7.52. The van der Waals surface area contributed by atoms with E-state index in [0.717, 1.165) is 11.1 Å². The van der Waals surface area contributed by atoms with Gasteiger partial charge in [-0.05, 0) is 17.5 Å². The molecule has 0 saturated carbocycles. The largest absolute Gasteiger partial charge is 0.439 e. The van der Waals surface area contributed by atoms with Crippen LogP contribution < -0.4 is 0 Å². The van der Waals surface area contributed by atoms with Gasteiger partial charge in [-0.25, -0.2) is 4.98 Å². The molecule has 0 saturated heterocycles. The van der Waals surface area contributed by atoms with Crippen molar-refractivity contribution >= 4 is 11.1 Å². The van der Waals surface area contributed by atoms with Crippen LogP contribution in [0.15, 0.2) is 28.7 Å². The van der Waals surface area contributed by atoms with Gasteiger partial charge in [-0.2, -0.15) is 5.26 Å². The molecule has 16 heavy (non-hydrogen) atoms. The number of nitriles is 1. The third kappa shape index (κ3) is 1.79. The monoisotopic (exact) mass is 214 g/mol. The highest BCUT2D eigenvalue weighted by atomic mass is 16.3. The van der Waals surface area contributed by atoms with E-state index in [1.54, 1.807) is 0 Å². The first-order valence-electron chi connectivity index (χ1n) is 5.27. The van der Waals surface area contributed by atoms with Crippen LogP contribution in [0.25, 0.3) is 11.1 Å². The van der Waals surface area contributed by atoms with Gasteiger partial charge in [0.15, 0.2) is 5.58 Å². The fourth-order valence-corrected chi connectivity index (χ4v) is 1.63. The van der Waals surface area contributed by atoms with Gasteiger partial charge in [-0.15, -0.1) is 0 Å². The van der Waals surface area contributed by atoms with Crippen LogP contribution in [0.5, 0.6) is 0 Å². The maximum Gasteiger partial charge on any atom is 0.213 e. The van der Waals surface area contributed by atoms with Crippen molar-refractivity contribution in [1.82, 2.24) is 4.98 Å². The predicted molar refractivity (Wildman–Crippen MR) is 61.8 cm³/mol. The zero-order chi connectivity index (χ0) is 11.8. The van der Waals surface area contributed by atoms with E-state index in [9.17, 15) is 5.26 Å². The Morgan fingerprint density at radius 3 is 2.56 bits per heavy atom. The summed E-state index contributed by atoms with van der Waals surface area (Å²) < 4.78 is 5.61. The van der Waals surface area contributed by atoms with Crippen LogP contribution in [0.1, 0.15) is 32.6 Å². The first kappa shape index (κ1) is 10.7. The van der Waals surface area contributed by atoms with E-state index in [-0.39, 0.29) is 11.3 Å². The second-order valence-electron chi connectivity index (χ2n) is 4.95. The minimum absolute atomic E-state index is 0.171. The summed E-state index contributed by atoms with van der Waals surface area (Å²) in [6, 6.07) is 9.82. The van der Waals surface area contributed by atoms with Crippen molar-refractivity contribution in [3.63, 3.8) is 0 Å². The SMILES string of the molecule is CC(C)(C)C(C#N)c1nc2ccccc2o1. The Labute approximate surface area is 94.7 Å². The number of rotatable bonds is 1. The van der Waals surface area contributed by atoms with Crippen molar-refractivity contribution in [2.45, 2.75) is 26.7 Å². The van der Waals surface area contributed by atoms with Gasteiger partial charge in [0, 0.05) is 0 Å². The predicted octanol–water partition coefficient (Wildman–Crippen LogP) is 3.48. The molecule has 0 aliphatic carbocycles. The molecule has 0 spiro atoms. The van der Waals surface area contributed by atoms with Crippen LogP contribution in [-0.4, -0.2) is 4.98 Å². The molecule has 1 atom stereocenters. The molecule has 2 aromatic rings. The lowest BCUT2D eigenvalue weighted by Gasteiger charge is -2.21. The van der Waals surface area contributed by atoms with Crippen molar-refractivity contribution in [3.8, 4) is 6.07 Å². The Kier molecular flexibility index (Phi) is 2.43. The number of nitrogens with zero attached hydrogens (tertiary/aromatic N) is 2. The quantitative estimate of drug-likeness (QED) is 0.730. The van der Waals surface area contributed by atoms with E-state index in [1.807, 2.05) is 45.0 Å². The van der Waals surface area contributed by atoms with Crippen molar-refractivity contribution in [1.29, 1.82) is 5.26 Å². The van der Waals surface area contributed by atoms with Crippen molar-refractivity contribution < 1.29 is 4.42 Å². The van der Waals surface area contributed by atoms with Crippen LogP contribution >= 0.6 is 0 Å². The Balaban J connectivity index is 2.51. The van der Waals surface area contributed by atoms with Gasteiger partial charge in [0.2, 0.25) is 5.89 Å². The zero-order valence-corrected chi connectivity index (χ0v) is 9.69. The van der Waals surface area contributed by atoms with E-state index in [2.05, 4.69) is 11.1 Å². The summed E-state index contributed by atoms with van der Waals surface area (Å²) >= 11 is 0. The summed E-state index contributed by atoms with van der Waals surface area (Å²) in [5.41, 5.74) is 1.37. The fraction of sp³-hybridized carbons (Fsp3) is 0.385. The average Bonchev–Trinajstić information content (AvgIpc) is 2.59. The second kappa shape index (κ2) is 3.64. The molecule has 0 aliphatic heterocycles. The molecule has 0 fully saturated rings. The van der Waals surface area contributed by atoms with Crippen molar-refractivity contribution in [2.75, 3.05) is 0 Å². The third-order valence-electron chi connectivity index (χ3n) is 2.55. The molecule has 0 N–H and O–H groups in total. The number of hydrogen-bond acceptors (Lipinski definition) is 3. The van der Waals surface area contributed by atoms with Gasteiger partial charge in [0.25, 0.3) is 0 Å². The van der Waals surface area contributed by atoms with E-state index < -0.39 is 0 Å².